The molecule has 0 radical (unpaired) electrons. The number of halogens is 2. The minimum Gasteiger partial charge on any atom is -0.497 e. The fraction of sp³-hybridized carbons (Fsp3) is 0.136. The first-order valence-corrected chi connectivity index (χ1v) is 9.99. The van der Waals surface area contributed by atoms with E-state index < -0.39 is 0 Å². The molecule has 0 heterocycles. The molecule has 0 saturated carbocycles. The SMILES string of the molecule is COc1ccc(N=Cc2cc(Br)c(OCc3ccc(C)cc3)c(Br)c2)cc1. The van der Waals surface area contributed by atoms with Crippen molar-refractivity contribution in [3.63, 3.8) is 0 Å². The van der Waals surface area contributed by atoms with Gasteiger partial charge in [-0.15, -0.1) is 0 Å². The van der Waals surface area contributed by atoms with Crippen LogP contribution in [0.3, 0.4) is 0 Å². The van der Waals surface area contributed by atoms with E-state index in [1.807, 2.05) is 42.6 Å². The molecule has 3 rings (SSSR count). The number of benzene rings is 3. The second kappa shape index (κ2) is 9.20. The molecule has 3 aromatic rings. The summed E-state index contributed by atoms with van der Waals surface area (Å²) < 4.78 is 12.9. The Morgan fingerprint density at radius 2 is 1.56 bits per heavy atom. The lowest BCUT2D eigenvalue weighted by Crippen LogP contribution is -1.98. The lowest BCUT2D eigenvalue weighted by Gasteiger charge is -2.11. The Labute approximate surface area is 176 Å². The molecule has 0 bridgehead atoms. The van der Waals surface area contributed by atoms with Crippen LogP contribution in [0.2, 0.25) is 0 Å². The third-order valence-corrected chi connectivity index (χ3v) is 5.14. The van der Waals surface area contributed by atoms with Crippen LogP contribution in [0, 0.1) is 6.92 Å². The highest BCUT2D eigenvalue weighted by molar-refractivity contribution is 9.11. The van der Waals surface area contributed by atoms with Gasteiger partial charge in [-0.25, -0.2) is 0 Å². The summed E-state index contributed by atoms with van der Waals surface area (Å²) in [6.07, 6.45) is 1.82. The number of methoxy groups -OCH3 is 1. The second-order valence-electron chi connectivity index (χ2n) is 6.04. The Kier molecular flexibility index (Phi) is 6.69. The largest absolute Gasteiger partial charge is 0.497 e. The summed E-state index contributed by atoms with van der Waals surface area (Å²) in [5, 5.41) is 0. The lowest BCUT2D eigenvalue weighted by molar-refractivity contribution is 0.302. The highest BCUT2D eigenvalue weighted by Crippen LogP contribution is 2.35. The summed E-state index contributed by atoms with van der Waals surface area (Å²) in [6, 6.07) is 19.9. The van der Waals surface area contributed by atoms with E-state index in [2.05, 4.69) is 68.0 Å². The fourth-order valence-corrected chi connectivity index (χ4v) is 3.90. The molecule has 0 aliphatic carbocycles. The van der Waals surface area contributed by atoms with Crippen LogP contribution < -0.4 is 9.47 Å². The normalized spacial score (nSPS) is 11.0. The van der Waals surface area contributed by atoms with Gasteiger partial charge in [0.25, 0.3) is 0 Å². The summed E-state index contributed by atoms with van der Waals surface area (Å²) in [7, 11) is 1.65. The maximum Gasteiger partial charge on any atom is 0.148 e. The average molecular weight is 489 g/mol. The zero-order valence-corrected chi connectivity index (χ0v) is 18.2. The van der Waals surface area contributed by atoms with Gasteiger partial charge in [0, 0.05) is 6.21 Å². The predicted octanol–water partition coefficient (Wildman–Crippen LogP) is 6.86. The molecular formula is C22H19Br2NO2. The summed E-state index contributed by atoms with van der Waals surface area (Å²) in [5.74, 6) is 1.59. The maximum atomic E-state index is 5.98. The molecule has 3 aromatic carbocycles. The molecule has 138 valence electrons. The zero-order chi connectivity index (χ0) is 19.2. The number of aliphatic imine (C=N–C) groups is 1. The Hall–Kier alpha value is -2.11. The van der Waals surface area contributed by atoms with Crippen LogP contribution in [-0.4, -0.2) is 13.3 Å². The van der Waals surface area contributed by atoms with Crippen LogP contribution in [0.5, 0.6) is 11.5 Å². The molecule has 0 unspecified atom stereocenters. The number of rotatable bonds is 6. The molecule has 0 aliphatic rings. The molecule has 0 amide bonds. The van der Waals surface area contributed by atoms with Crippen LogP contribution >= 0.6 is 31.9 Å². The van der Waals surface area contributed by atoms with Crippen molar-refractivity contribution >= 4 is 43.8 Å². The summed E-state index contributed by atoms with van der Waals surface area (Å²) in [5.41, 5.74) is 4.20. The van der Waals surface area contributed by atoms with Gasteiger partial charge >= 0.3 is 0 Å². The number of hydrogen-bond donors (Lipinski definition) is 0. The smallest absolute Gasteiger partial charge is 0.148 e. The van der Waals surface area contributed by atoms with Gasteiger partial charge in [-0.1, -0.05) is 29.8 Å². The van der Waals surface area contributed by atoms with Crippen LogP contribution in [0.15, 0.2) is 74.6 Å². The topological polar surface area (TPSA) is 30.8 Å². The van der Waals surface area contributed by atoms with Crippen molar-refractivity contribution in [2.24, 2.45) is 4.99 Å². The number of aryl methyl sites for hydroxylation is 1. The van der Waals surface area contributed by atoms with Crippen LogP contribution in [-0.2, 0) is 6.61 Å². The fourth-order valence-electron chi connectivity index (χ4n) is 2.45. The monoisotopic (exact) mass is 487 g/mol. The van der Waals surface area contributed by atoms with E-state index in [0.717, 1.165) is 37.3 Å². The van der Waals surface area contributed by atoms with Crippen molar-refractivity contribution in [3.05, 3.63) is 86.3 Å². The lowest BCUT2D eigenvalue weighted by atomic mass is 10.2. The predicted molar refractivity (Wildman–Crippen MR) is 118 cm³/mol. The summed E-state index contributed by atoms with van der Waals surface area (Å²) in [4.78, 5) is 4.50. The van der Waals surface area contributed by atoms with Gasteiger partial charge in [-0.05, 0) is 86.3 Å². The van der Waals surface area contributed by atoms with E-state index in [9.17, 15) is 0 Å². The van der Waals surface area contributed by atoms with Gasteiger partial charge in [0.2, 0.25) is 0 Å². The highest BCUT2D eigenvalue weighted by Gasteiger charge is 2.09. The summed E-state index contributed by atoms with van der Waals surface area (Å²) >= 11 is 7.19. The van der Waals surface area contributed by atoms with E-state index in [1.165, 1.54) is 5.56 Å². The maximum absolute atomic E-state index is 5.98. The second-order valence-corrected chi connectivity index (χ2v) is 7.75. The summed E-state index contributed by atoms with van der Waals surface area (Å²) in [6.45, 7) is 2.58. The number of nitrogens with zero attached hydrogens (tertiary/aromatic N) is 1. The van der Waals surface area contributed by atoms with E-state index in [-0.39, 0.29) is 0 Å². The number of ether oxygens (including phenoxy) is 2. The van der Waals surface area contributed by atoms with E-state index >= 15 is 0 Å². The minimum absolute atomic E-state index is 0.511. The molecule has 3 nitrogen and oxygen atoms in total. The quantitative estimate of drug-likeness (QED) is 0.355. The van der Waals surface area contributed by atoms with Crippen molar-refractivity contribution in [1.82, 2.24) is 0 Å². The van der Waals surface area contributed by atoms with Crippen molar-refractivity contribution in [3.8, 4) is 11.5 Å². The molecule has 0 aliphatic heterocycles. The van der Waals surface area contributed by atoms with Gasteiger partial charge in [-0.3, -0.25) is 4.99 Å². The molecule has 0 spiro atoms. The van der Waals surface area contributed by atoms with Crippen molar-refractivity contribution in [2.75, 3.05) is 7.11 Å². The molecule has 0 N–H and O–H groups in total. The third-order valence-electron chi connectivity index (χ3n) is 3.96. The van der Waals surface area contributed by atoms with Gasteiger partial charge in [0.05, 0.1) is 21.7 Å². The van der Waals surface area contributed by atoms with Crippen molar-refractivity contribution in [2.45, 2.75) is 13.5 Å². The Bertz CT molecular complexity index is 913. The number of hydrogen-bond acceptors (Lipinski definition) is 3. The third kappa shape index (κ3) is 5.44. The van der Waals surface area contributed by atoms with E-state index in [4.69, 9.17) is 9.47 Å². The van der Waals surface area contributed by atoms with Gasteiger partial charge < -0.3 is 9.47 Å². The first-order chi connectivity index (χ1) is 13.0. The minimum atomic E-state index is 0.511. The average Bonchev–Trinajstić information content (AvgIpc) is 2.67. The molecule has 27 heavy (non-hydrogen) atoms. The highest BCUT2D eigenvalue weighted by atomic mass is 79.9. The van der Waals surface area contributed by atoms with Crippen LogP contribution in [0.1, 0.15) is 16.7 Å². The first kappa shape index (κ1) is 19.6. The molecule has 0 atom stereocenters. The van der Waals surface area contributed by atoms with Gasteiger partial charge in [-0.2, -0.15) is 0 Å². The van der Waals surface area contributed by atoms with Crippen molar-refractivity contribution in [1.29, 1.82) is 0 Å². The molecule has 0 aromatic heterocycles. The zero-order valence-electron chi connectivity index (χ0n) is 15.1. The molecule has 5 heteroatoms. The van der Waals surface area contributed by atoms with Crippen LogP contribution in [0.25, 0.3) is 0 Å². The first-order valence-electron chi connectivity index (χ1n) is 8.40. The standard InChI is InChI=1S/C22H19Br2NO2/c1-15-3-5-16(6-4-15)14-27-22-20(23)11-17(12-21(22)24)13-25-18-7-9-19(26-2)10-8-18/h3-13H,14H2,1-2H3. The van der Waals surface area contributed by atoms with E-state index in [1.54, 1.807) is 7.11 Å². The Morgan fingerprint density at radius 1 is 0.926 bits per heavy atom. The Balaban J connectivity index is 1.71. The molecular weight excluding hydrogens is 470 g/mol. The Morgan fingerprint density at radius 3 is 2.15 bits per heavy atom. The molecule has 0 saturated heterocycles. The van der Waals surface area contributed by atoms with Gasteiger partial charge in [0.1, 0.15) is 18.1 Å². The van der Waals surface area contributed by atoms with Crippen molar-refractivity contribution < 1.29 is 9.47 Å². The van der Waals surface area contributed by atoms with E-state index in [0.29, 0.717) is 6.61 Å². The molecule has 0 fully saturated rings. The van der Waals surface area contributed by atoms with Crippen LogP contribution in [0.4, 0.5) is 5.69 Å². The van der Waals surface area contributed by atoms with Gasteiger partial charge in [0.15, 0.2) is 0 Å².